The fourth-order valence-electron chi connectivity index (χ4n) is 1.30. The molecule has 1 aromatic heterocycles. The molecule has 14 heavy (non-hydrogen) atoms. The van der Waals surface area contributed by atoms with Gasteiger partial charge >= 0.3 is 0 Å². The minimum absolute atomic E-state index is 0.608. The van der Waals surface area contributed by atoms with Crippen LogP contribution >= 0.6 is 11.8 Å². The van der Waals surface area contributed by atoms with Gasteiger partial charge in [0.05, 0.1) is 11.6 Å². The molecule has 0 radical (unpaired) electrons. The quantitative estimate of drug-likeness (QED) is 0.567. The molecule has 0 spiro atoms. The van der Waals surface area contributed by atoms with Gasteiger partial charge in [-0.3, -0.25) is 0 Å². The summed E-state index contributed by atoms with van der Waals surface area (Å²) in [4.78, 5) is 3.90. The van der Waals surface area contributed by atoms with E-state index in [1.807, 2.05) is 11.5 Å². The lowest BCUT2D eigenvalue weighted by molar-refractivity contribution is 1.42. The van der Waals surface area contributed by atoms with Crippen molar-refractivity contribution in [3.8, 4) is 11.5 Å². The predicted octanol–water partition coefficient (Wildman–Crippen LogP) is 2.61. The summed E-state index contributed by atoms with van der Waals surface area (Å²) < 4.78 is 0. The maximum atomic E-state index is 8.72. The Labute approximate surface area is 85.0 Å². The maximum Gasteiger partial charge on any atom is 0.138 e. The minimum atomic E-state index is 0.608. The summed E-state index contributed by atoms with van der Waals surface area (Å²) in [5.41, 5.74) is 1.55. The third kappa shape index (κ3) is 1.32. The van der Waals surface area contributed by atoms with Crippen LogP contribution in [0, 0.1) is 22.0 Å². The van der Waals surface area contributed by atoms with Gasteiger partial charge in [0.2, 0.25) is 0 Å². The Morgan fingerprint density at radius 3 is 2.86 bits per heavy atom. The molecule has 2 rings (SSSR count). The lowest BCUT2D eigenvalue weighted by Crippen LogP contribution is -1.73. The number of nitrogens with zero attached hydrogens (tertiary/aromatic N) is 2. The van der Waals surface area contributed by atoms with Gasteiger partial charge in [0, 0.05) is 22.0 Å². The number of nitrogens with one attached hydrogen (secondary N) is 1. The average molecular weight is 199 g/mol. The van der Waals surface area contributed by atoms with Crippen LogP contribution in [-0.4, -0.2) is 4.98 Å². The number of nitriles is 2. The highest BCUT2D eigenvalue weighted by molar-refractivity contribution is 8.04. The Bertz CT molecular complexity index is 557. The van der Waals surface area contributed by atoms with Gasteiger partial charge in [-0.25, -0.2) is 0 Å². The van der Waals surface area contributed by atoms with E-state index >= 15 is 0 Å². The van der Waals surface area contributed by atoms with Crippen LogP contribution in [0.3, 0.4) is 0 Å². The van der Waals surface area contributed by atoms with Gasteiger partial charge in [-0.15, -0.1) is 0 Å². The van der Waals surface area contributed by atoms with E-state index < -0.39 is 0 Å². The van der Waals surface area contributed by atoms with Crippen LogP contribution in [0.25, 0.3) is 10.9 Å². The van der Waals surface area contributed by atoms with Crippen molar-refractivity contribution >= 4 is 22.7 Å². The standard InChI is InChI=1S/C10H5N3S/c11-4-7-1-2-9-8(3-7)10(5-13-9)14-6-12/h1-3,5,13H. The molecular formula is C10H5N3S. The lowest BCUT2D eigenvalue weighted by atomic mass is 10.2. The molecule has 0 atom stereocenters. The second kappa shape index (κ2) is 3.45. The van der Waals surface area contributed by atoms with Crippen molar-refractivity contribution < 1.29 is 0 Å². The van der Waals surface area contributed by atoms with E-state index in [0.29, 0.717) is 5.56 Å². The van der Waals surface area contributed by atoms with Crippen LogP contribution < -0.4 is 0 Å². The molecular weight excluding hydrogens is 194 g/mol. The van der Waals surface area contributed by atoms with Gasteiger partial charge in [0.15, 0.2) is 0 Å². The zero-order valence-electron chi connectivity index (χ0n) is 7.11. The maximum absolute atomic E-state index is 8.72. The molecule has 0 aliphatic heterocycles. The molecule has 4 heteroatoms. The summed E-state index contributed by atoms with van der Waals surface area (Å²) in [5.74, 6) is 0. The Hall–Kier alpha value is -1.91. The summed E-state index contributed by atoms with van der Waals surface area (Å²) in [5, 5.41) is 20.2. The Kier molecular flexibility index (Phi) is 2.14. The molecule has 3 nitrogen and oxygen atoms in total. The highest BCUT2D eigenvalue weighted by Gasteiger charge is 2.04. The van der Waals surface area contributed by atoms with Crippen molar-refractivity contribution in [3.63, 3.8) is 0 Å². The van der Waals surface area contributed by atoms with E-state index in [4.69, 9.17) is 10.5 Å². The summed E-state index contributed by atoms with van der Waals surface area (Å²) in [6.07, 6.45) is 1.78. The molecule has 66 valence electrons. The van der Waals surface area contributed by atoms with E-state index in [-0.39, 0.29) is 0 Å². The van der Waals surface area contributed by atoms with Crippen molar-refractivity contribution in [1.29, 1.82) is 10.5 Å². The van der Waals surface area contributed by atoms with Crippen LogP contribution in [-0.2, 0) is 0 Å². The fraction of sp³-hybridized carbons (Fsp3) is 0. The summed E-state index contributed by atoms with van der Waals surface area (Å²) in [7, 11) is 0. The second-order valence-electron chi connectivity index (χ2n) is 2.72. The van der Waals surface area contributed by atoms with E-state index in [1.54, 1.807) is 18.3 Å². The number of benzene rings is 1. The molecule has 0 amide bonds. The predicted molar refractivity (Wildman–Crippen MR) is 54.5 cm³/mol. The Morgan fingerprint density at radius 1 is 1.29 bits per heavy atom. The number of H-pyrrole nitrogens is 1. The van der Waals surface area contributed by atoms with E-state index in [9.17, 15) is 0 Å². The highest BCUT2D eigenvalue weighted by atomic mass is 32.2. The van der Waals surface area contributed by atoms with Crippen molar-refractivity contribution in [1.82, 2.24) is 4.98 Å². The monoisotopic (exact) mass is 199 g/mol. The first-order valence-corrected chi connectivity index (χ1v) is 4.74. The molecule has 1 N–H and O–H groups in total. The molecule has 0 fully saturated rings. The van der Waals surface area contributed by atoms with Gasteiger partial charge in [-0.1, -0.05) is 0 Å². The highest BCUT2D eigenvalue weighted by Crippen LogP contribution is 2.27. The van der Waals surface area contributed by atoms with Crippen LogP contribution in [0.4, 0.5) is 0 Å². The number of thiocyanates is 1. The van der Waals surface area contributed by atoms with Crippen molar-refractivity contribution in [3.05, 3.63) is 30.0 Å². The first-order valence-electron chi connectivity index (χ1n) is 3.92. The first-order chi connectivity index (χ1) is 6.85. The number of fused-ring (bicyclic) bond motifs is 1. The molecule has 0 bridgehead atoms. The third-order valence-corrected chi connectivity index (χ3v) is 2.58. The fourth-order valence-corrected chi connectivity index (χ4v) is 1.79. The normalized spacial score (nSPS) is 9.57. The van der Waals surface area contributed by atoms with E-state index in [2.05, 4.69) is 11.1 Å². The van der Waals surface area contributed by atoms with Gasteiger partial charge in [-0.2, -0.15) is 10.5 Å². The summed E-state index contributed by atoms with van der Waals surface area (Å²) in [6.45, 7) is 0. The minimum Gasteiger partial charge on any atom is -0.360 e. The van der Waals surface area contributed by atoms with E-state index in [1.165, 1.54) is 0 Å². The van der Waals surface area contributed by atoms with Gasteiger partial charge in [0.25, 0.3) is 0 Å². The molecule has 0 aliphatic carbocycles. The van der Waals surface area contributed by atoms with Crippen LogP contribution in [0.2, 0.25) is 0 Å². The molecule has 1 aromatic carbocycles. The SMILES string of the molecule is N#CSc1c[nH]c2ccc(C#N)cc12. The first kappa shape index (κ1) is 8.68. The molecule has 1 heterocycles. The van der Waals surface area contributed by atoms with Gasteiger partial charge in [0.1, 0.15) is 5.40 Å². The second-order valence-corrected chi connectivity index (χ2v) is 3.54. The molecule has 0 unspecified atom stereocenters. The van der Waals surface area contributed by atoms with Crippen LogP contribution in [0.1, 0.15) is 5.56 Å². The van der Waals surface area contributed by atoms with Gasteiger partial charge in [-0.05, 0) is 30.0 Å². The number of rotatable bonds is 1. The van der Waals surface area contributed by atoms with Crippen LogP contribution in [0.15, 0.2) is 29.3 Å². The molecule has 2 aromatic rings. The van der Waals surface area contributed by atoms with Crippen molar-refractivity contribution in [2.24, 2.45) is 0 Å². The third-order valence-electron chi connectivity index (χ3n) is 1.93. The average Bonchev–Trinajstić information content (AvgIpc) is 2.61. The topological polar surface area (TPSA) is 63.4 Å². The largest absolute Gasteiger partial charge is 0.360 e. The Balaban J connectivity index is 2.66. The zero-order chi connectivity index (χ0) is 9.97. The lowest BCUT2D eigenvalue weighted by Gasteiger charge is -1.92. The number of thioether (sulfide) groups is 1. The number of aromatic amines is 1. The van der Waals surface area contributed by atoms with Crippen molar-refractivity contribution in [2.45, 2.75) is 4.90 Å². The zero-order valence-corrected chi connectivity index (χ0v) is 7.93. The number of hydrogen-bond acceptors (Lipinski definition) is 3. The van der Waals surface area contributed by atoms with E-state index in [0.717, 1.165) is 27.6 Å². The molecule has 0 aliphatic rings. The van der Waals surface area contributed by atoms with Gasteiger partial charge < -0.3 is 4.98 Å². The smallest absolute Gasteiger partial charge is 0.138 e. The van der Waals surface area contributed by atoms with Crippen molar-refractivity contribution in [2.75, 3.05) is 0 Å². The molecule has 0 saturated carbocycles. The molecule has 0 saturated heterocycles. The number of aromatic nitrogens is 1. The summed E-state index contributed by atoms with van der Waals surface area (Å²) >= 11 is 1.10. The number of hydrogen-bond donors (Lipinski definition) is 1. The Morgan fingerprint density at radius 2 is 2.14 bits per heavy atom. The summed E-state index contributed by atoms with van der Waals surface area (Å²) in [6, 6.07) is 7.45. The van der Waals surface area contributed by atoms with Crippen LogP contribution in [0.5, 0.6) is 0 Å².